The van der Waals surface area contributed by atoms with E-state index in [-0.39, 0.29) is 18.5 Å². The van der Waals surface area contributed by atoms with Crippen LogP contribution in [0.25, 0.3) is 0 Å². The van der Waals surface area contributed by atoms with Crippen molar-refractivity contribution in [1.82, 2.24) is 5.32 Å². The maximum Gasteiger partial charge on any atom is 0.305 e. The Bertz CT molecular complexity index is 1400. The number of hydrogen-bond acceptors (Lipinski definition) is 5. The first-order valence-electron chi connectivity index (χ1n) is 37.9. The van der Waals surface area contributed by atoms with Gasteiger partial charge in [0.1, 0.15) is 0 Å². The molecule has 84 heavy (non-hydrogen) atoms. The van der Waals surface area contributed by atoms with Crippen molar-refractivity contribution in [3.8, 4) is 0 Å². The molecule has 0 aromatic rings. The second-order valence-corrected chi connectivity index (χ2v) is 26.0. The second kappa shape index (κ2) is 73.3. The number of carbonyl (C=O) groups excluding carboxylic acids is 2. The molecule has 0 fully saturated rings. The Balaban J connectivity index is 3.35. The first-order valence-corrected chi connectivity index (χ1v) is 37.9. The van der Waals surface area contributed by atoms with Crippen LogP contribution < -0.4 is 5.32 Å². The first kappa shape index (κ1) is 81.8. The van der Waals surface area contributed by atoms with Gasteiger partial charge in [-0.15, -0.1) is 0 Å². The average molecular weight is 1180 g/mol. The third-order valence-corrected chi connectivity index (χ3v) is 17.6. The van der Waals surface area contributed by atoms with Crippen molar-refractivity contribution in [3.05, 3.63) is 48.6 Å². The Kier molecular flexibility index (Phi) is 71.4. The van der Waals surface area contributed by atoms with Gasteiger partial charge in [-0.3, -0.25) is 9.59 Å². The summed E-state index contributed by atoms with van der Waals surface area (Å²) in [5, 5.41) is 23.1. The van der Waals surface area contributed by atoms with Gasteiger partial charge in [-0.2, -0.15) is 0 Å². The topological polar surface area (TPSA) is 95.9 Å². The van der Waals surface area contributed by atoms with Crippen LogP contribution in [0.3, 0.4) is 0 Å². The summed E-state index contributed by atoms with van der Waals surface area (Å²) in [6, 6.07) is -0.625. The van der Waals surface area contributed by atoms with Crippen LogP contribution in [0.5, 0.6) is 0 Å². The molecule has 0 bridgehead atoms. The number of carbonyl (C=O) groups is 2. The highest BCUT2D eigenvalue weighted by molar-refractivity contribution is 5.76. The summed E-state index contributed by atoms with van der Waals surface area (Å²) < 4.78 is 5.49. The molecule has 2 unspecified atom stereocenters. The van der Waals surface area contributed by atoms with Crippen LogP contribution in [-0.2, 0) is 14.3 Å². The maximum atomic E-state index is 12.5. The van der Waals surface area contributed by atoms with E-state index in [1.807, 2.05) is 6.08 Å². The predicted molar refractivity (Wildman–Crippen MR) is 370 cm³/mol. The van der Waals surface area contributed by atoms with Crippen molar-refractivity contribution in [2.24, 2.45) is 0 Å². The highest BCUT2D eigenvalue weighted by Gasteiger charge is 2.18. The predicted octanol–water partition coefficient (Wildman–Crippen LogP) is 24.8. The third-order valence-electron chi connectivity index (χ3n) is 17.6. The van der Waals surface area contributed by atoms with E-state index in [2.05, 4.69) is 55.6 Å². The van der Waals surface area contributed by atoms with Gasteiger partial charge in [-0.05, 0) is 89.9 Å². The van der Waals surface area contributed by atoms with Crippen LogP contribution >= 0.6 is 0 Å². The smallest absolute Gasteiger partial charge is 0.305 e. The fourth-order valence-electron chi connectivity index (χ4n) is 11.8. The molecule has 2 atom stereocenters. The van der Waals surface area contributed by atoms with Crippen LogP contribution in [-0.4, -0.2) is 47.4 Å². The fraction of sp³-hybridized carbons (Fsp3) is 0.872. The Morgan fingerprint density at radius 2 is 0.595 bits per heavy atom. The zero-order chi connectivity index (χ0) is 60.6. The van der Waals surface area contributed by atoms with E-state index in [1.54, 1.807) is 6.08 Å². The molecule has 6 nitrogen and oxygen atoms in total. The lowest BCUT2D eigenvalue weighted by molar-refractivity contribution is -0.143. The highest BCUT2D eigenvalue weighted by atomic mass is 16.5. The zero-order valence-corrected chi connectivity index (χ0v) is 56.6. The Morgan fingerprint density at radius 3 is 0.917 bits per heavy atom. The van der Waals surface area contributed by atoms with Crippen molar-refractivity contribution in [2.75, 3.05) is 13.2 Å². The van der Waals surface area contributed by atoms with E-state index >= 15 is 0 Å². The summed E-state index contributed by atoms with van der Waals surface area (Å²) in [7, 11) is 0. The fourth-order valence-corrected chi connectivity index (χ4v) is 11.8. The van der Waals surface area contributed by atoms with Crippen LogP contribution in [0.4, 0.5) is 0 Å². The summed E-state index contributed by atoms with van der Waals surface area (Å²) >= 11 is 0. The van der Waals surface area contributed by atoms with Crippen LogP contribution in [0.15, 0.2) is 48.6 Å². The standard InChI is InChI=1S/C78H147NO5/c1-3-5-7-9-11-13-15-17-43-48-52-56-60-64-68-72-78(83)84-73-69-65-61-57-53-49-45-42-40-38-36-34-32-30-28-26-24-22-20-18-19-21-23-25-27-29-31-33-35-37-39-41-44-47-51-55-59-63-67-71-77(82)79-75(74-80)76(81)70-66-62-58-54-50-46-16-14-12-10-8-6-4-2/h17-19,22,24,43,66,70,75-76,80-81H,3-16,20-21,23,25-42,44-65,67-69,71-74H2,1-2H3,(H,79,82)/b19-18-,24-22-,43-17-,70-66+. The summed E-state index contributed by atoms with van der Waals surface area (Å²) in [6.07, 6.45) is 96.6. The lowest BCUT2D eigenvalue weighted by Crippen LogP contribution is -2.45. The van der Waals surface area contributed by atoms with Crippen molar-refractivity contribution in [1.29, 1.82) is 0 Å². The number of nitrogens with one attached hydrogen (secondary N) is 1. The molecule has 0 saturated heterocycles. The number of aliphatic hydroxyl groups excluding tert-OH is 2. The molecule has 0 spiro atoms. The quantitative estimate of drug-likeness (QED) is 0.0320. The Labute approximate surface area is 525 Å². The van der Waals surface area contributed by atoms with E-state index in [1.165, 1.54) is 334 Å². The maximum absolute atomic E-state index is 12.5. The Hall–Kier alpha value is -2.18. The molecule has 0 aliphatic rings. The third kappa shape index (κ3) is 68.9. The van der Waals surface area contributed by atoms with E-state index < -0.39 is 12.1 Å². The highest BCUT2D eigenvalue weighted by Crippen LogP contribution is 2.19. The molecule has 1 amide bonds. The van der Waals surface area contributed by atoms with Crippen LogP contribution in [0.2, 0.25) is 0 Å². The number of esters is 1. The SMILES string of the molecule is CCCCCCCC/C=C\CCCCCCCC(=O)OCCCCCCCCCCCCCCCCC/C=C\C/C=C\CCCCCCCCCCCCCCCCCCCC(=O)NC(CO)C(O)/C=C/CCCCCCCCCCCCC. The molecule has 6 heteroatoms. The van der Waals surface area contributed by atoms with Gasteiger partial charge in [0.05, 0.1) is 25.4 Å². The van der Waals surface area contributed by atoms with Crippen molar-refractivity contribution in [2.45, 2.75) is 424 Å². The van der Waals surface area contributed by atoms with Crippen LogP contribution in [0, 0.1) is 0 Å². The normalized spacial score (nSPS) is 12.8. The second-order valence-electron chi connectivity index (χ2n) is 26.0. The molecule has 0 saturated carbocycles. The van der Waals surface area contributed by atoms with E-state index in [9.17, 15) is 19.8 Å². The minimum atomic E-state index is -0.842. The molecule has 0 aliphatic carbocycles. The molecule has 0 rings (SSSR count). The van der Waals surface area contributed by atoms with Gasteiger partial charge < -0.3 is 20.3 Å². The monoisotopic (exact) mass is 1180 g/mol. The molecular weight excluding hydrogens is 1030 g/mol. The largest absolute Gasteiger partial charge is 0.466 e. The van der Waals surface area contributed by atoms with Gasteiger partial charge in [0.25, 0.3) is 0 Å². The van der Waals surface area contributed by atoms with Gasteiger partial charge in [-0.1, -0.05) is 358 Å². The summed E-state index contributed by atoms with van der Waals surface area (Å²) in [5.74, 6) is -0.0512. The molecular formula is C78H147NO5. The molecule has 0 radical (unpaired) electrons. The molecule has 494 valence electrons. The number of hydrogen-bond donors (Lipinski definition) is 3. The molecule has 0 heterocycles. The van der Waals surface area contributed by atoms with Crippen molar-refractivity contribution < 1.29 is 24.5 Å². The van der Waals surface area contributed by atoms with E-state index in [0.717, 1.165) is 51.4 Å². The number of amides is 1. The van der Waals surface area contributed by atoms with Crippen LogP contribution in [0.1, 0.15) is 412 Å². The number of unbranched alkanes of at least 4 members (excludes halogenated alkanes) is 54. The van der Waals surface area contributed by atoms with Gasteiger partial charge >= 0.3 is 5.97 Å². The van der Waals surface area contributed by atoms with Gasteiger partial charge in [0, 0.05) is 12.8 Å². The molecule has 0 aromatic carbocycles. The number of allylic oxidation sites excluding steroid dienone is 7. The summed E-state index contributed by atoms with van der Waals surface area (Å²) in [6.45, 7) is 4.92. The molecule has 0 aromatic heterocycles. The lowest BCUT2D eigenvalue weighted by Gasteiger charge is -2.20. The Morgan fingerprint density at radius 1 is 0.333 bits per heavy atom. The van der Waals surface area contributed by atoms with Gasteiger partial charge in [-0.25, -0.2) is 0 Å². The molecule has 0 aliphatic heterocycles. The van der Waals surface area contributed by atoms with Crippen molar-refractivity contribution >= 4 is 11.9 Å². The molecule has 3 N–H and O–H groups in total. The average Bonchev–Trinajstić information content (AvgIpc) is 3.54. The van der Waals surface area contributed by atoms with E-state index in [4.69, 9.17) is 4.74 Å². The van der Waals surface area contributed by atoms with E-state index in [0.29, 0.717) is 19.4 Å². The first-order chi connectivity index (χ1) is 41.5. The minimum absolute atomic E-state index is 0.0124. The number of ether oxygens (including phenoxy) is 1. The minimum Gasteiger partial charge on any atom is -0.466 e. The summed E-state index contributed by atoms with van der Waals surface area (Å²) in [5.41, 5.74) is 0. The number of rotatable bonds is 71. The number of aliphatic hydroxyl groups is 2. The van der Waals surface area contributed by atoms with Gasteiger partial charge in [0.15, 0.2) is 0 Å². The van der Waals surface area contributed by atoms with Gasteiger partial charge in [0.2, 0.25) is 5.91 Å². The lowest BCUT2D eigenvalue weighted by atomic mass is 10.0. The van der Waals surface area contributed by atoms with Crippen molar-refractivity contribution in [3.63, 3.8) is 0 Å². The summed E-state index contributed by atoms with van der Waals surface area (Å²) in [4.78, 5) is 24.5. The zero-order valence-electron chi connectivity index (χ0n) is 56.6.